The summed E-state index contributed by atoms with van der Waals surface area (Å²) in [6.07, 6.45) is 0. The van der Waals surface area contributed by atoms with E-state index in [-0.39, 0.29) is 23.9 Å². The second-order valence-electron chi connectivity index (χ2n) is 4.84. The van der Waals surface area contributed by atoms with E-state index in [0.717, 1.165) is 5.39 Å². The lowest BCUT2D eigenvalue weighted by atomic mass is 10.1. The lowest BCUT2D eigenvalue weighted by molar-refractivity contribution is 0.0946. The fourth-order valence-corrected chi connectivity index (χ4v) is 2.29. The molecule has 0 saturated heterocycles. The normalized spacial score (nSPS) is 11.1. The van der Waals surface area contributed by atoms with Gasteiger partial charge in [-0.3, -0.25) is 4.79 Å². The van der Waals surface area contributed by atoms with Gasteiger partial charge >= 0.3 is 0 Å². The van der Waals surface area contributed by atoms with Crippen molar-refractivity contribution in [1.82, 2.24) is 5.32 Å². The van der Waals surface area contributed by atoms with Crippen LogP contribution in [0.15, 0.2) is 29.6 Å². The summed E-state index contributed by atoms with van der Waals surface area (Å²) in [5.41, 5.74) is 6.12. The van der Waals surface area contributed by atoms with E-state index >= 15 is 0 Å². The summed E-state index contributed by atoms with van der Waals surface area (Å²) in [5.74, 6) is -0.0726. The van der Waals surface area contributed by atoms with Crippen molar-refractivity contribution in [2.24, 2.45) is 5.73 Å². The Morgan fingerprint density at radius 1 is 1.39 bits per heavy atom. The molecule has 0 unspecified atom stereocenters. The van der Waals surface area contributed by atoms with Crippen LogP contribution < -0.4 is 11.1 Å². The van der Waals surface area contributed by atoms with Crippen molar-refractivity contribution in [1.29, 1.82) is 0 Å². The molecule has 0 saturated carbocycles. The van der Waals surface area contributed by atoms with Crippen LogP contribution >= 0.6 is 23.7 Å². The van der Waals surface area contributed by atoms with Crippen molar-refractivity contribution in [3.05, 3.63) is 35.2 Å². The number of benzene rings is 1. The van der Waals surface area contributed by atoms with Gasteiger partial charge in [0.05, 0.1) is 0 Å². The Kier molecular flexibility index (Phi) is 4.73. The first-order chi connectivity index (χ1) is 7.96. The predicted octanol–water partition coefficient (Wildman–Crippen LogP) is 2.79. The molecule has 0 aliphatic carbocycles. The first kappa shape index (κ1) is 15.0. The van der Waals surface area contributed by atoms with Crippen LogP contribution in [-0.2, 0) is 0 Å². The summed E-state index contributed by atoms with van der Waals surface area (Å²) in [6, 6.07) is 7.74. The van der Waals surface area contributed by atoms with Crippen LogP contribution in [0.2, 0.25) is 0 Å². The van der Waals surface area contributed by atoms with Crippen LogP contribution in [0.25, 0.3) is 10.1 Å². The number of thiophene rings is 1. The maximum Gasteiger partial charge on any atom is 0.251 e. The van der Waals surface area contributed by atoms with Crippen molar-refractivity contribution >= 4 is 39.7 Å². The lowest BCUT2D eigenvalue weighted by Crippen LogP contribution is -2.45. The van der Waals surface area contributed by atoms with Gasteiger partial charge in [-0.25, -0.2) is 0 Å². The maximum atomic E-state index is 11.9. The second-order valence-corrected chi connectivity index (χ2v) is 5.79. The van der Waals surface area contributed by atoms with Crippen molar-refractivity contribution < 1.29 is 4.79 Å². The van der Waals surface area contributed by atoms with Gasteiger partial charge in [-0.15, -0.1) is 23.7 Å². The fourth-order valence-electron chi connectivity index (χ4n) is 1.52. The van der Waals surface area contributed by atoms with Gasteiger partial charge in [-0.05, 0) is 48.9 Å². The topological polar surface area (TPSA) is 55.1 Å². The SMILES string of the molecule is CC(C)(N)CNC(=O)c1ccc2sccc2c1.Cl. The number of carbonyl (C=O) groups is 1. The number of nitrogens with two attached hydrogens (primary N) is 1. The van der Waals surface area contributed by atoms with Crippen molar-refractivity contribution in [2.45, 2.75) is 19.4 Å². The van der Waals surface area contributed by atoms with Crippen LogP contribution in [0.4, 0.5) is 0 Å². The molecule has 1 heterocycles. The van der Waals surface area contributed by atoms with Crippen LogP contribution in [-0.4, -0.2) is 18.0 Å². The third-order valence-corrected chi connectivity index (χ3v) is 3.32. The second kappa shape index (κ2) is 5.69. The largest absolute Gasteiger partial charge is 0.350 e. The molecule has 18 heavy (non-hydrogen) atoms. The highest BCUT2D eigenvalue weighted by atomic mass is 35.5. The van der Waals surface area contributed by atoms with E-state index in [9.17, 15) is 4.79 Å². The molecule has 0 spiro atoms. The third-order valence-electron chi connectivity index (χ3n) is 2.42. The van der Waals surface area contributed by atoms with E-state index in [4.69, 9.17) is 5.73 Å². The molecule has 1 amide bonds. The Morgan fingerprint density at radius 3 is 2.78 bits per heavy atom. The zero-order chi connectivity index (χ0) is 12.5. The molecule has 98 valence electrons. The molecule has 0 radical (unpaired) electrons. The monoisotopic (exact) mass is 284 g/mol. The molecule has 1 aromatic heterocycles. The highest BCUT2D eigenvalue weighted by molar-refractivity contribution is 7.17. The summed E-state index contributed by atoms with van der Waals surface area (Å²) in [6.45, 7) is 4.23. The fraction of sp³-hybridized carbons (Fsp3) is 0.308. The van der Waals surface area contributed by atoms with Crippen molar-refractivity contribution in [3.63, 3.8) is 0 Å². The molecule has 3 nitrogen and oxygen atoms in total. The number of nitrogens with one attached hydrogen (secondary N) is 1. The predicted molar refractivity (Wildman–Crippen MR) is 79.7 cm³/mol. The summed E-state index contributed by atoms with van der Waals surface area (Å²) >= 11 is 1.67. The molecule has 0 fully saturated rings. The summed E-state index contributed by atoms with van der Waals surface area (Å²) < 4.78 is 1.20. The minimum Gasteiger partial charge on any atom is -0.350 e. The molecule has 2 aromatic rings. The van der Waals surface area contributed by atoms with Crippen LogP contribution in [0.5, 0.6) is 0 Å². The summed E-state index contributed by atoms with van der Waals surface area (Å²) in [5, 5.41) is 5.96. The smallest absolute Gasteiger partial charge is 0.251 e. The number of hydrogen-bond donors (Lipinski definition) is 2. The standard InChI is InChI=1S/C13H16N2OS.ClH/c1-13(2,14)8-15-12(16)10-3-4-11-9(7-10)5-6-17-11;/h3-7H,8,14H2,1-2H3,(H,15,16);1H. The maximum absolute atomic E-state index is 11.9. The van der Waals surface area contributed by atoms with E-state index in [1.807, 2.05) is 43.5 Å². The number of halogens is 1. The molecule has 3 N–H and O–H groups in total. The number of fused-ring (bicyclic) bond motifs is 1. The molecular formula is C13H17ClN2OS. The first-order valence-electron chi connectivity index (χ1n) is 5.50. The number of rotatable bonds is 3. The molecule has 0 aliphatic heterocycles. The van der Waals surface area contributed by atoms with E-state index in [2.05, 4.69) is 5.32 Å². The Hall–Kier alpha value is -1.10. The molecule has 0 bridgehead atoms. The van der Waals surface area contributed by atoms with E-state index in [1.165, 1.54) is 4.70 Å². The highest BCUT2D eigenvalue weighted by Crippen LogP contribution is 2.21. The zero-order valence-electron chi connectivity index (χ0n) is 10.4. The van der Waals surface area contributed by atoms with Gasteiger partial charge in [-0.2, -0.15) is 0 Å². The molecule has 1 aromatic carbocycles. The van der Waals surface area contributed by atoms with Crippen LogP contribution in [0.1, 0.15) is 24.2 Å². The molecule has 5 heteroatoms. The zero-order valence-corrected chi connectivity index (χ0v) is 12.0. The van der Waals surface area contributed by atoms with Crippen molar-refractivity contribution in [3.8, 4) is 0 Å². The Morgan fingerprint density at radius 2 is 2.11 bits per heavy atom. The molecular weight excluding hydrogens is 268 g/mol. The van der Waals surface area contributed by atoms with Gasteiger partial charge in [-0.1, -0.05) is 0 Å². The minimum absolute atomic E-state index is 0. The number of amides is 1. The van der Waals surface area contributed by atoms with E-state index in [0.29, 0.717) is 12.1 Å². The van der Waals surface area contributed by atoms with Gasteiger partial charge in [0.25, 0.3) is 5.91 Å². The van der Waals surface area contributed by atoms with Gasteiger partial charge < -0.3 is 11.1 Å². The first-order valence-corrected chi connectivity index (χ1v) is 6.38. The Balaban J connectivity index is 0.00000162. The van der Waals surface area contributed by atoms with Crippen molar-refractivity contribution in [2.75, 3.05) is 6.54 Å². The lowest BCUT2D eigenvalue weighted by Gasteiger charge is -2.18. The molecule has 0 aliphatic rings. The van der Waals surface area contributed by atoms with Gasteiger partial charge in [0.1, 0.15) is 0 Å². The summed E-state index contributed by atoms with van der Waals surface area (Å²) in [7, 11) is 0. The van der Waals surface area contributed by atoms with Gasteiger partial charge in [0.2, 0.25) is 0 Å². The number of hydrogen-bond acceptors (Lipinski definition) is 3. The number of carbonyl (C=O) groups excluding carboxylic acids is 1. The Labute approximate surface area is 117 Å². The summed E-state index contributed by atoms with van der Waals surface area (Å²) in [4.78, 5) is 11.9. The quantitative estimate of drug-likeness (QED) is 0.911. The molecule has 2 rings (SSSR count). The van der Waals surface area contributed by atoms with E-state index in [1.54, 1.807) is 11.3 Å². The average Bonchev–Trinajstić information content (AvgIpc) is 2.71. The Bertz CT molecular complexity index is 545. The van der Waals surface area contributed by atoms with Gasteiger partial charge in [0, 0.05) is 22.3 Å². The average molecular weight is 285 g/mol. The highest BCUT2D eigenvalue weighted by Gasteiger charge is 2.13. The van der Waals surface area contributed by atoms with Crippen LogP contribution in [0, 0.1) is 0 Å². The van der Waals surface area contributed by atoms with E-state index < -0.39 is 0 Å². The third kappa shape index (κ3) is 3.70. The molecule has 0 atom stereocenters. The van der Waals surface area contributed by atoms with Crippen LogP contribution in [0.3, 0.4) is 0 Å². The minimum atomic E-state index is -0.387. The van der Waals surface area contributed by atoms with Gasteiger partial charge in [0.15, 0.2) is 0 Å².